The fraction of sp³-hybridized carbons (Fsp3) is 0.571. The summed E-state index contributed by atoms with van der Waals surface area (Å²) in [6.45, 7) is 0.424. The van der Waals surface area contributed by atoms with Crippen molar-refractivity contribution in [3.63, 3.8) is 0 Å². The predicted octanol–water partition coefficient (Wildman–Crippen LogP) is 2.54. The highest BCUT2D eigenvalue weighted by atomic mass is 16.7. The maximum atomic E-state index is 8.64. The maximum absolute atomic E-state index is 8.64. The Morgan fingerprint density at radius 3 is 2.76 bits per heavy atom. The molecule has 7 nitrogen and oxygen atoms in total. The van der Waals surface area contributed by atoms with Gasteiger partial charge in [0.15, 0.2) is 12.6 Å². The molecule has 0 bridgehead atoms. The summed E-state index contributed by atoms with van der Waals surface area (Å²) in [4.78, 5) is 2.85. The molecule has 1 aromatic rings. The Labute approximate surface area is 122 Å². The van der Waals surface area contributed by atoms with E-state index in [-0.39, 0.29) is 12.2 Å². The van der Waals surface area contributed by atoms with Crippen LogP contribution in [0.4, 0.5) is 0 Å². The fourth-order valence-electron chi connectivity index (χ4n) is 2.69. The average Bonchev–Trinajstić information content (AvgIpc) is 2.55. The van der Waals surface area contributed by atoms with E-state index in [2.05, 4.69) is 10.0 Å². The van der Waals surface area contributed by atoms with Gasteiger partial charge in [-0.3, -0.25) is 0 Å². The van der Waals surface area contributed by atoms with Crippen LogP contribution in [0, 0.1) is 0 Å². The van der Waals surface area contributed by atoms with Crippen LogP contribution < -0.4 is 0 Å². The molecule has 1 unspecified atom stereocenters. The molecule has 21 heavy (non-hydrogen) atoms. The zero-order valence-corrected chi connectivity index (χ0v) is 11.7. The Hall–Kier alpha value is -1.63. The lowest BCUT2D eigenvalue weighted by Crippen LogP contribution is -2.53. The number of fused-ring (bicyclic) bond motifs is 1. The van der Waals surface area contributed by atoms with Crippen LogP contribution in [0.3, 0.4) is 0 Å². The first-order valence-electron chi connectivity index (χ1n) is 6.86. The third kappa shape index (κ3) is 3.02. The monoisotopic (exact) mass is 291 g/mol. The number of methoxy groups -OCH3 is 1. The number of rotatable bonds is 3. The molecular formula is C14H17N3O4. The van der Waals surface area contributed by atoms with Crippen molar-refractivity contribution in [3.8, 4) is 0 Å². The lowest BCUT2D eigenvalue weighted by atomic mass is 10.00. The summed E-state index contributed by atoms with van der Waals surface area (Å²) < 4.78 is 22.6. The van der Waals surface area contributed by atoms with E-state index in [1.165, 1.54) is 7.11 Å². The minimum Gasteiger partial charge on any atom is -0.355 e. The molecule has 7 heteroatoms. The highest BCUT2D eigenvalue weighted by Crippen LogP contribution is 2.34. The summed E-state index contributed by atoms with van der Waals surface area (Å²) in [5, 5.41) is 3.73. The van der Waals surface area contributed by atoms with Gasteiger partial charge in [0.25, 0.3) is 0 Å². The van der Waals surface area contributed by atoms with Gasteiger partial charge in [-0.15, -0.1) is 0 Å². The van der Waals surface area contributed by atoms with Crippen molar-refractivity contribution >= 4 is 0 Å². The molecule has 0 amide bonds. The molecule has 1 aromatic carbocycles. The van der Waals surface area contributed by atoms with Gasteiger partial charge in [0.05, 0.1) is 18.8 Å². The number of benzene rings is 1. The quantitative estimate of drug-likeness (QED) is 0.486. The summed E-state index contributed by atoms with van der Waals surface area (Å²) in [5.41, 5.74) is 9.60. The van der Waals surface area contributed by atoms with Crippen LogP contribution in [-0.4, -0.2) is 38.3 Å². The molecule has 5 atom stereocenters. The highest BCUT2D eigenvalue weighted by molar-refractivity contribution is 5.16. The van der Waals surface area contributed by atoms with Gasteiger partial charge in [0.1, 0.15) is 6.10 Å². The minimum atomic E-state index is -0.553. The maximum Gasteiger partial charge on any atom is 0.184 e. The fourth-order valence-corrected chi connectivity index (χ4v) is 2.69. The lowest BCUT2D eigenvalue weighted by molar-refractivity contribution is -0.316. The number of ether oxygens (including phenoxy) is 4. The average molecular weight is 291 g/mol. The van der Waals surface area contributed by atoms with Gasteiger partial charge in [-0.05, 0) is 12.0 Å². The molecule has 0 N–H and O–H groups in total. The van der Waals surface area contributed by atoms with Crippen LogP contribution in [-0.2, 0) is 18.9 Å². The van der Waals surface area contributed by atoms with Gasteiger partial charge in [0, 0.05) is 17.6 Å². The third-order valence-electron chi connectivity index (χ3n) is 3.73. The van der Waals surface area contributed by atoms with Crippen LogP contribution >= 0.6 is 0 Å². The van der Waals surface area contributed by atoms with Crippen molar-refractivity contribution in [2.75, 3.05) is 13.7 Å². The molecule has 3 rings (SSSR count). The Bertz CT molecular complexity index is 520. The van der Waals surface area contributed by atoms with E-state index in [0.29, 0.717) is 13.0 Å². The zero-order chi connectivity index (χ0) is 14.7. The molecule has 0 saturated carbocycles. The van der Waals surface area contributed by atoms with E-state index in [4.69, 9.17) is 24.5 Å². The van der Waals surface area contributed by atoms with E-state index in [0.717, 1.165) is 5.56 Å². The second-order valence-electron chi connectivity index (χ2n) is 5.04. The molecule has 2 fully saturated rings. The summed E-state index contributed by atoms with van der Waals surface area (Å²) in [5.74, 6) is 0. The Kier molecular flexibility index (Phi) is 4.38. The van der Waals surface area contributed by atoms with Gasteiger partial charge in [0.2, 0.25) is 0 Å². The second-order valence-corrected chi connectivity index (χ2v) is 5.04. The summed E-state index contributed by atoms with van der Waals surface area (Å²) in [6, 6.07) is 9.34. The lowest BCUT2D eigenvalue weighted by Gasteiger charge is -2.43. The van der Waals surface area contributed by atoms with Crippen molar-refractivity contribution in [1.82, 2.24) is 0 Å². The van der Waals surface area contributed by atoms with E-state index in [9.17, 15) is 0 Å². The molecule has 0 radical (unpaired) electrons. The topological polar surface area (TPSA) is 85.7 Å². The molecule has 2 aliphatic heterocycles. The third-order valence-corrected chi connectivity index (χ3v) is 3.73. The summed E-state index contributed by atoms with van der Waals surface area (Å²) >= 11 is 0. The Morgan fingerprint density at radius 2 is 2.05 bits per heavy atom. The minimum absolute atomic E-state index is 0.175. The van der Waals surface area contributed by atoms with Crippen molar-refractivity contribution in [2.24, 2.45) is 5.11 Å². The number of hydrogen-bond donors (Lipinski definition) is 0. The van der Waals surface area contributed by atoms with Crippen LogP contribution in [0.2, 0.25) is 0 Å². The molecular weight excluding hydrogens is 274 g/mol. The Morgan fingerprint density at radius 1 is 1.24 bits per heavy atom. The molecule has 0 aromatic heterocycles. The van der Waals surface area contributed by atoms with Gasteiger partial charge in [-0.25, -0.2) is 0 Å². The van der Waals surface area contributed by atoms with Crippen LogP contribution in [0.1, 0.15) is 18.3 Å². The smallest absolute Gasteiger partial charge is 0.184 e. The number of hydrogen-bond acceptors (Lipinski definition) is 5. The SMILES string of the molecule is CO[C@@H]1O[C@@H]2COC(c3ccccc3)O[C@H]2C[C@H]1N=[N+]=[N-]. The zero-order valence-electron chi connectivity index (χ0n) is 11.7. The van der Waals surface area contributed by atoms with Gasteiger partial charge in [-0.2, -0.15) is 0 Å². The van der Waals surface area contributed by atoms with Crippen molar-refractivity contribution in [3.05, 3.63) is 46.3 Å². The summed E-state index contributed by atoms with van der Waals surface area (Å²) in [7, 11) is 1.53. The van der Waals surface area contributed by atoms with E-state index in [1.54, 1.807) is 0 Å². The van der Waals surface area contributed by atoms with Crippen molar-refractivity contribution in [1.29, 1.82) is 0 Å². The molecule has 2 aliphatic rings. The molecule has 2 saturated heterocycles. The van der Waals surface area contributed by atoms with E-state index >= 15 is 0 Å². The molecule has 0 spiro atoms. The largest absolute Gasteiger partial charge is 0.355 e. The second kappa shape index (κ2) is 6.43. The van der Waals surface area contributed by atoms with E-state index < -0.39 is 18.6 Å². The molecule has 2 heterocycles. The predicted molar refractivity (Wildman–Crippen MR) is 73.2 cm³/mol. The van der Waals surface area contributed by atoms with Gasteiger partial charge in [-0.1, -0.05) is 35.4 Å². The van der Waals surface area contributed by atoms with Crippen molar-refractivity contribution < 1.29 is 18.9 Å². The number of azide groups is 1. The first-order valence-corrected chi connectivity index (χ1v) is 6.86. The Balaban J connectivity index is 1.71. The standard InChI is InChI=1S/C14H17N3O4/c1-18-14-10(16-17-15)7-11-12(21-14)8-19-13(20-11)9-5-3-2-4-6-9/h2-6,10-14H,7-8H2,1H3/t10-,11+,12-,13?,14-/m1/s1. The van der Waals surface area contributed by atoms with Gasteiger partial charge >= 0.3 is 0 Å². The first kappa shape index (κ1) is 14.3. The van der Waals surface area contributed by atoms with Crippen LogP contribution in [0.25, 0.3) is 10.4 Å². The van der Waals surface area contributed by atoms with Crippen LogP contribution in [0.5, 0.6) is 0 Å². The first-order chi connectivity index (χ1) is 10.3. The number of nitrogens with zero attached hydrogens (tertiary/aromatic N) is 3. The molecule has 112 valence electrons. The van der Waals surface area contributed by atoms with Crippen molar-refractivity contribution in [2.45, 2.75) is 37.3 Å². The highest BCUT2D eigenvalue weighted by Gasteiger charge is 2.43. The normalized spacial score (nSPS) is 35.6. The summed E-state index contributed by atoms with van der Waals surface area (Å²) in [6.07, 6.45) is -0.796. The molecule has 0 aliphatic carbocycles. The van der Waals surface area contributed by atoms with E-state index in [1.807, 2.05) is 30.3 Å². The van der Waals surface area contributed by atoms with Crippen LogP contribution in [0.15, 0.2) is 35.4 Å². The van der Waals surface area contributed by atoms with Gasteiger partial charge < -0.3 is 18.9 Å².